The van der Waals surface area contributed by atoms with Crippen LogP contribution in [0.3, 0.4) is 0 Å². The first kappa shape index (κ1) is 18.9. The number of nitro groups is 1. The molecule has 0 aliphatic heterocycles. The third kappa shape index (κ3) is 4.10. The molecule has 0 unspecified atom stereocenters. The third-order valence-corrected chi connectivity index (χ3v) is 4.55. The average Bonchev–Trinajstić information content (AvgIpc) is 2.66. The van der Waals surface area contributed by atoms with E-state index in [1.165, 1.54) is 6.33 Å². The number of nitrogens with zero attached hydrogens (tertiary/aromatic N) is 4. The van der Waals surface area contributed by atoms with Gasteiger partial charge in [-0.25, -0.2) is 9.97 Å². The number of para-hydroxylation sites is 1. The first-order valence-electron chi connectivity index (χ1n) is 8.05. The summed E-state index contributed by atoms with van der Waals surface area (Å²) in [7, 11) is 0. The summed E-state index contributed by atoms with van der Waals surface area (Å²) in [6.07, 6.45) is 1.29. The van der Waals surface area contributed by atoms with Crippen LogP contribution in [0.25, 0.3) is 0 Å². The summed E-state index contributed by atoms with van der Waals surface area (Å²) >= 11 is 11.9. The van der Waals surface area contributed by atoms with Crippen molar-refractivity contribution in [2.45, 2.75) is 6.92 Å². The second kappa shape index (κ2) is 8.20. The van der Waals surface area contributed by atoms with Gasteiger partial charge in [0.2, 0.25) is 11.6 Å². The van der Waals surface area contributed by atoms with Crippen molar-refractivity contribution >= 4 is 51.9 Å². The van der Waals surface area contributed by atoms with Crippen LogP contribution in [0.4, 0.5) is 28.7 Å². The maximum Gasteiger partial charge on any atom is 0.354 e. The number of rotatable bonds is 6. The van der Waals surface area contributed by atoms with E-state index in [2.05, 4.69) is 15.3 Å². The van der Waals surface area contributed by atoms with E-state index in [0.717, 1.165) is 5.69 Å². The summed E-state index contributed by atoms with van der Waals surface area (Å²) in [6.45, 7) is 2.39. The number of anilines is 4. The number of benzene rings is 2. The Hall–Kier alpha value is -2.90. The summed E-state index contributed by atoms with van der Waals surface area (Å²) in [6, 6.07) is 14.2. The first-order valence-corrected chi connectivity index (χ1v) is 8.81. The van der Waals surface area contributed by atoms with Gasteiger partial charge in [0.05, 0.1) is 15.0 Å². The van der Waals surface area contributed by atoms with E-state index in [1.807, 2.05) is 37.3 Å². The van der Waals surface area contributed by atoms with Gasteiger partial charge in [0, 0.05) is 17.9 Å². The number of aromatic nitrogens is 2. The van der Waals surface area contributed by atoms with Crippen molar-refractivity contribution in [1.29, 1.82) is 0 Å². The zero-order chi connectivity index (χ0) is 19.4. The van der Waals surface area contributed by atoms with E-state index >= 15 is 0 Å². The van der Waals surface area contributed by atoms with E-state index in [4.69, 9.17) is 23.2 Å². The summed E-state index contributed by atoms with van der Waals surface area (Å²) in [5.74, 6) is 0.268. The zero-order valence-electron chi connectivity index (χ0n) is 14.3. The molecular weight excluding hydrogens is 389 g/mol. The molecule has 27 heavy (non-hydrogen) atoms. The Morgan fingerprint density at radius 2 is 1.85 bits per heavy atom. The molecule has 0 amide bonds. The fraction of sp³-hybridized carbons (Fsp3) is 0.111. The highest BCUT2D eigenvalue weighted by molar-refractivity contribution is 6.42. The maximum atomic E-state index is 11.8. The molecule has 0 saturated heterocycles. The topological polar surface area (TPSA) is 84.2 Å². The molecule has 0 bridgehead atoms. The van der Waals surface area contributed by atoms with Gasteiger partial charge in [0.15, 0.2) is 0 Å². The van der Waals surface area contributed by atoms with Crippen LogP contribution in [0.15, 0.2) is 54.9 Å². The van der Waals surface area contributed by atoms with Gasteiger partial charge in [0.25, 0.3) is 0 Å². The van der Waals surface area contributed by atoms with Gasteiger partial charge in [-0.2, -0.15) is 0 Å². The van der Waals surface area contributed by atoms with Crippen molar-refractivity contribution in [1.82, 2.24) is 9.97 Å². The molecule has 138 valence electrons. The second-order valence-electron chi connectivity index (χ2n) is 5.49. The van der Waals surface area contributed by atoms with Gasteiger partial charge >= 0.3 is 5.69 Å². The first-order chi connectivity index (χ1) is 13.0. The van der Waals surface area contributed by atoms with E-state index in [-0.39, 0.29) is 17.3 Å². The monoisotopic (exact) mass is 403 g/mol. The summed E-state index contributed by atoms with van der Waals surface area (Å²) in [4.78, 5) is 21.3. The maximum absolute atomic E-state index is 11.8. The lowest BCUT2D eigenvalue weighted by molar-refractivity contribution is -0.383. The molecule has 0 aliphatic rings. The molecule has 9 heteroatoms. The molecule has 7 nitrogen and oxygen atoms in total. The third-order valence-electron chi connectivity index (χ3n) is 3.81. The molecule has 3 aromatic rings. The Bertz CT molecular complexity index is 969. The van der Waals surface area contributed by atoms with Gasteiger partial charge in [0.1, 0.15) is 6.33 Å². The van der Waals surface area contributed by atoms with Crippen molar-refractivity contribution in [2.24, 2.45) is 0 Å². The molecule has 0 atom stereocenters. The molecule has 0 aliphatic carbocycles. The van der Waals surface area contributed by atoms with Crippen molar-refractivity contribution in [3.05, 3.63) is 75.0 Å². The molecule has 1 aromatic heterocycles. The van der Waals surface area contributed by atoms with E-state index in [9.17, 15) is 10.1 Å². The summed E-state index contributed by atoms with van der Waals surface area (Å²) < 4.78 is 0. The summed E-state index contributed by atoms with van der Waals surface area (Å²) in [5.41, 5.74) is 1.09. The fourth-order valence-electron chi connectivity index (χ4n) is 2.60. The van der Waals surface area contributed by atoms with Gasteiger partial charge in [-0.15, -0.1) is 0 Å². The van der Waals surface area contributed by atoms with Crippen LogP contribution in [-0.4, -0.2) is 21.4 Å². The highest BCUT2D eigenvalue weighted by Crippen LogP contribution is 2.37. The fourth-order valence-corrected chi connectivity index (χ4v) is 2.90. The van der Waals surface area contributed by atoms with Gasteiger partial charge in [-0.3, -0.25) is 10.1 Å². The molecule has 1 N–H and O–H groups in total. The molecule has 1 heterocycles. The quantitative estimate of drug-likeness (QED) is 0.426. The number of hydrogen-bond acceptors (Lipinski definition) is 6. The lowest BCUT2D eigenvalue weighted by atomic mass is 10.2. The number of hydrogen-bond donors (Lipinski definition) is 1. The Labute approximate surface area is 165 Å². The normalized spacial score (nSPS) is 10.5. The van der Waals surface area contributed by atoms with Crippen LogP contribution in [0.2, 0.25) is 10.0 Å². The average molecular weight is 404 g/mol. The van der Waals surface area contributed by atoms with Gasteiger partial charge in [-0.05, 0) is 37.3 Å². The molecule has 3 rings (SSSR count). The Morgan fingerprint density at radius 1 is 1.11 bits per heavy atom. The van der Waals surface area contributed by atoms with Crippen LogP contribution in [0, 0.1) is 10.1 Å². The van der Waals surface area contributed by atoms with E-state index in [1.54, 1.807) is 23.1 Å². The molecule has 0 spiro atoms. The molecule has 0 saturated carbocycles. The number of nitrogens with one attached hydrogen (secondary N) is 1. The van der Waals surface area contributed by atoms with Gasteiger partial charge in [-0.1, -0.05) is 41.4 Å². The van der Waals surface area contributed by atoms with Crippen molar-refractivity contribution in [2.75, 3.05) is 16.8 Å². The molecular formula is C18H15Cl2N5O2. The standard InChI is InChI=1S/C18H15Cl2N5O2/c1-2-24(13-6-4-3-5-7-13)18-16(25(26)27)17(21-11-22-18)23-12-8-9-14(19)15(20)10-12/h3-11H,2H2,1H3,(H,21,22,23). The molecule has 2 aromatic carbocycles. The Balaban J connectivity index is 2.07. The van der Waals surface area contributed by atoms with Crippen molar-refractivity contribution in [3.8, 4) is 0 Å². The van der Waals surface area contributed by atoms with Crippen LogP contribution in [0.5, 0.6) is 0 Å². The van der Waals surface area contributed by atoms with Gasteiger partial charge < -0.3 is 10.2 Å². The van der Waals surface area contributed by atoms with Crippen LogP contribution >= 0.6 is 23.2 Å². The minimum absolute atomic E-state index is 0.0674. The lowest BCUT2D eigenvalue weighted by Gasteiger charge is -2.22. The van der Waals surface area contributed by atoms with Crippen molar-refractivity contribution in [3.63, 3.8) is 0 Å². The largest absolute Gasteiger partial charge is 0.354 e. The molecule has 0 radical (unpaired) electrons. The van der Waals surface area contributed by atoms with Crippen LogP contribution in [-0.2, 0) is 0 Å². The van der Waals surface area contributed by atoms with E-state index in [0.29, 0.717) is 22.3 Å². The highest BCUT2D eigenvalue weighted by Gasteiger charge is 2.27. The Kier molecular flexibility index (Phi) is 5.73. The smallest absolute Gasteiger partial charge is 0.334 e. The summed E-state index contributed by atoms with van der Waals surface area (Å²) in [5, 5.41) is 15.5. The van der Waals surface area contributed by atoms with Crippen LogP contribution in [0.1, 0.15) is 6.92 Å². The SMILES string of the molecule is CCN(c1ccccc1)c1ncnc(Nc2ccc(Cl)c(Cl)c2)c1[N+](=O)[O-]. The minimum Gasteiger partial charge on any atom is -0.334 e. The lowest BCUT2D eigenvalue weighted by Crippen LogP contribution is -2.19. The predicted octanol–water partition coefficient (Wildman–Crippen LogP) is 5.59. The Morgan fingerprint density at radius 3 is 2.48 bits per heavy atom. The minimum atomic E-state index is -0.499. The van der Waals surface area contributed by atoms with Crippen LogP contribution < -0.4 is 10.2 Å². The zero-order valence-corrected chi connectivity index (χ0v) is 15.8. The molecule has 0 fully saturated rings. The number of halogens is 2. The van der Waals surface area contributed by atoms with Crippen molar-refractivity contribution < 1.29 is 4.92 Å². The van der Waals surface area contributed by atoms with E-state index < -0.39 is 4.92 Å². The predicted molar refractivity (Wildman–Crippen MR) is 108 cm³/mol. The second-order valence-corrected chi connectivity index (χ2v) is 6.30. The highest BCUT2D eigenvalue weighted by atomic mass is 35.5.